The first-order chi connectivity index (χ1) is 6.43. The summed E-state index contributed by atoms with van der Waals surface area (Å²) in [7, 11) is 0. The molecule has 0 aliphatic rings. The molecule has 0 aromatic heterocycles. The molecule has 0 aliphatic heterocycles. The van der Waals surface area contributed by atoms with E-state index in [0.717, 1.165) is 6.92 Å². The van der Waals surface area contributed by atoms with Crippen molar-refractivity contribution in [3.8, 4) is 5.75 Å². The molecule has 0 radical (unpaired) electrons. The van der Waals surface area contributed by atoms with E-state index in [2.05, 4.69) is 0 Å². The number of aromatic hydroxyl groups is 1. The first kappa shape index (κ1) is 10.6. The molecule has 0 saturated heterocycles. The van der Waals surface area contributed by atoms with Crippen molar-refractivity contribution < 1.29 is 23.1 Å². The van der Waals surface area contributed by atoms with Gasteiger partial charge in [0.2, 0.25) is 0 Å². The number of phenols is 1. The van der Waals surface area contributed by atoms with Gasteiger partial charge in [0.05, 0.1) is 0 Å². The van der Waals surface area contributed by atoms with Gasteiger partial charge >= 0.3 is 0 Å². The highest BCUT2D eigenvalue weighted by Crippen LogP contribution is 2.28. The monoisotopic (exact) mass is 204 g/mol. The summed E-state index contributed by atoms with van der Waals surface area (Å²) in [5, 5.41) is 8.88. The van der Waals surface area contributed by atoms with Crippen molar-refractivity contribution in [1.29, 1.82) is 0 Å². The van der Waals surface area contributed by atoms with E-state index in [-0.39, 0.29) is 5.56 Å². The second-order valence-corrected chi connectivity index (χ2v) is 2.75. The molecule has 0 fully saturated rings. The van der Waals surface area contributed by atoms with Crippen LogP contribution in [0.1, 0.15) is 29.3 Å². The minimum Gasteiger partial charge on any atom is -0.505 e. The molecular weight excluding hydrogens is 197 g/mol. The molecule has 1 N–H and O–H groups in total. The largest absolute Gasteiger partial charge is 0.505 e. The molecule has 5 heteroatoms. The van der Waals surface area contributed by atoms with Crippen molar-refractivity contribution in [3.05, 3.63) is 29.1 Å². The van der Waals surface area contributed by atoms with Gasteiger partial charge in [-0.1, -0.05) is 0 Å². The molecule has 0 heterocycles. The summed E-state index contributed by atoms with van der Waals surface area (Å²) >= 11 is 0. The van der Waals surface area contributed by atoms with Crippen LogP contribution in [0.25, 0.3) is 0 Å². The van der Waals surface area contributed by atoms with Crippen LogP contribution in [-0.2, 0) is 0 Å². The second-order valence-electron chi connectivity index (χ2n) is 2.75. The Morgan fingerprint density at radius 3 is 2.43 bits per heavy atom. The molecular formula is C9H7F3O2. The SMILES string of the molecule is CC(=O)c1cc(O)c(F)cc1C(F)F. The van der Waals surface area contributed by atoms with Crippen molar-refractivity contribution in [2.24, 2.45) is 0 Å². The molecule has 1 aromatic carbocycles. The predicted molar refractivity (Wildman–Crippen MR) is 43.0 cm³/mol. The van der Waals surface area contributed by atoms with Crippen LogP contribution < -0.4 is 0 Å². The van der Waals surface area contributed by atoms with Crippen molar-refractivity contribution in [1.82, 2.24) is 0 Å². The summed E-state index contributed by atoms with van der Waals surface area (Å²) in [5.74, 6) is -2.61. The molecule has 76 valence electrons. The van der Waals surface area contributed by atoms with Crippen LogP contribution in [0.2, 0.25) is 0 Å². The summed E-state index contributed by atoms with van der Waals surface area (Å²) in [5.41, 5.74) is -1.06. The van der Waals surface area contributed by atoms with Crippen molar-refractivity contribution in [3.63, 3.8) is 0 Å². The maximum absolute atomic E-state index is 12.7. The van der Waals surface area contributed by atoms with Gasteiger partial charge in [-0.15, -0.1) is 0 Å². The number of ketones is 1. The van der Waals surface area contributed by atoms with Crippen LogP contribution in [-0.4, -0.2) is 10.9 Å². The quantitative estimate of drug-likeness (QED) is 0.752. The Labute approximate surface area is 78.0 Å². The number of alkyl halides is 2. The van der Waals surface area contributed by atoms with Gasteiger partial charge in [0, 0.05) is 11.1 Å². The van der Waals surface area contributed by atoms with Gasteiger partial charge in [-0.25, -0.2) is 13.2 Å². The number of rotatable bonds is 2. The van der Waals surface area contributed by atoms with Gasteiger partial charge in [0.1, 0.15) is 0 Å². The minimum absolute atomic E-state index is 0.362. The molecule has 0 aliphatic carbocycles. The third-order valence-electron chi connectivity index (χ3n) is 1.73. The summed E-state index contributed by atoms with van der Waals surface area (Å²) < 4.78 is 37.3. The fourth-order valence-electron chi connectivity index (χ4n) is 1.06. The van der Waals surface area contributed by atoms with Gasteiger partial charge < -0.3 is 5.11 Å². The van der Waals surface area contributed by atoms with Crippen LogP contribution in [0.5, 0.6) is 5.75 Å². The van der Waals surface area contributed by atoms with Gasteiger partial charge in [0.25, 0.3) is 6.43 Å². The molecule has 0 spiro atoms. The van der Waals surface area contributed by atoms with Crippen LogP contribution >= 0.6 is 0 Å². The number of benzene rings is 1. The van der Waals surface area contributed by atoms with Crippen LogP contribution in [0.3, 0.4) is 0 Å². The first-order valence-corrected chi connectivity index (χ1v) is 3.75. The van der Waals surface area contributed by atoms with Crippen LogP contribution in [0.4, 0.5) is 13.2 Å². The Kier molecular flexibility index (Phi) is 2.78. The van der Waals surface area contributed by atoms with Gasteiger partial charge in [-0.05, 0) is 19.1 Å². The summed E-state index contributed by atoms with van der Waals surface area (Å²) in [4.78, 5) is 10.9. The minimum atomic E-state index is -2.94. The van der Waals surface area contributed by atoms with E-state index in [0.29, 0.717) is 12.1 Å². The third kappa shape index (κ3) is 1.86. The first-order valence-electron chi connectivity index (χ1n) is 3.75. The van der Waals surface area contributed by atoms with E-state index in [4.69, 9.17) is 5.11 Å². The van der Waals surface area contributed by atoms with E-state index >= 15 is 0 Å². The number of Topliss-reactive ketones (excluding diaryl/α,β-unsaturated/α-hetero) is 1. The predicted octanol–water partition coefficient (Wildman–Crippen LogP) is 2.67. The maximum atomic E-state index is 12.7. The standard InChI is InChI=1S/C9H7F3O2/c1-4(13)5-3-8(14)7(10)2-6(5)9(11)12/h2-3,9,14H,1H3. The topological polar surface area (TPSA) is 37.3 Å². The number of hydrogen-bond acceptors (Lipinski definition) is 2. The Morgan fingerprint density at radius 2 is 2.00 bits per heavy atom. The molecule has 14 heavy (non-hydrogen) atoms. The zero-order valence-corrected chi connectivity index (χ0v) is 7.22. The fraction of sp³-hybridized carbons (Fsp3) is 0.222. The average molecular weight is 204 g/mol. The lowest BCUT2D eigenvalue weighted by molar-refractivity contribution is 0.0998. The smallest absolute Gasteiger partial charge is 0.264 e. The molecule has 0 amide bonds. The molecule has 0 atom stereocenters. The summed E-state index contributed by atoms with van der Waals surface area (Å²) in [6, 6.07) is 1.18. The van der Waals surface area contributed by atoms with E-state index in [1.807, 2.05) is 0 Å². The number of carbonyl (C=O) groups is 1. The molecule has 0 unspecified atom stereocenters. The molecule has 1 aromatic rings. The summed E-state index contributed by atoms with van der Waals surface area (Å²) in [6.07, 6.45) is -2.94. The molecule has 0 bridgehead atoms. The summed E-state index contributed by atoms with van der Waals surface area (Å²) in [6.45, 7) is 1.07. The van der Waals surface area contributed by atoms with E-state index in [1.54, 1.807) is 0 Å². The highest BCUT2D eigenvalue weighted by atomic mass is 19.3. The third-order valence-corrected chi connectivity index (χ3v) is 1.73. The van der Waals surface area contributed by atoms with Gasteiger partial charge in [-0.2, -0.15) is 0 Å². The lowest BCUT2D eigenvalue weighted by atomic mass is 10.0. The Morgan fingerprint density at radius 1 is 1.43 bits per heavy atom. The Balaban J connectivity index is 3.39. The van der Waals surface area contributed by atoms with Crippen LogP contribution in [0, 0.1) is 5.82 Å². The van der Waals surface area contributed by atoms with Crippen LogP contribution in [0.15, 0.2) is 12.1 Å². The highest BCUT2D eigenvalue weighted by Gasteiger charge is 2.19. The number of hydrogen-bond donors (Lipinski definition) is 1. The lowest BCUT2D eigenvalue weighted by Crippen LogP contribution is -2.01. The van der Waals surface area contributed by atoms with Crippen molar-refractivity contribution in [2.45, 2.75) is 13.3 Å². The lowest BCUT2D eigenvalue weighted by Gasteiger charge is -2.06. The normalized spacial score (nSPS) is 10.6. The molecule has 1 rings (SSSR count). The van der Waals surface area contributed by atoms with Gasteiger partial charge in [0.15, 0.2) is 17.3 Å². The zero-order chi connectivity index (χ0) is 10.9. The maximum Gasteiger partial charge on any atom is 0.264 e. The average Bonchev–Trinajstić information content (AvgIpc) is 2.08. The highest BCUT2D eigenvalue weighted by molar-refractivity contribution is 5.96. The van der Waals surface area contributed by atoms with E-state index < -0.39 is 29.3 Å². The molecule has 0 saturated carbocycles. The number of carbonyl (C=O) groups excluding carboxylic acids is 1. The number of halogens is 3. The fourth-order valence-corrected chi connectivity index (χ4v) is 1.06. The Hall–Kier alpha value is -1.52. The van der Waals surface area contributed by atoms with Gasteiger partial charge in [-0.3, -0.25) is 4.79 Å². The Bertz CT molecular complexity index is 375. The van der Waals surface area contributed by atoms with Crippen molar-refractivity contribution >= 4 is 5.78 Å². The zero-order valence-electron chi connectivity index (χ0n) is 7.22. The van der Waals surface area contributed by atoms with E-state index in [9.17, 15) is 18.0 Å². The molecule has 2 nitrogen and oxygen atoms in total. The van der Waals surface area contributed by atoms with Crippen molar-refractivity contribution in [2.75, 3.05) is 0 Å². The number of phenolic OH excluding ortho intramolecular Hbond substituents is 1. The van der Waals surface area contributed by atoms with E-state index in [1.165, 1.54) is 0 Å². The second kappa shape index (κ2) is 3.69.